The van der Waals surface area contributed by atoms with Crippen molar-refractivity contribution in [3.63, 3.8) is 0 Å². The summed E-state index contributed by atoms with van der Waals surface area (Å²) in [7, 11) is 0. The molecule has 2 fully saturated rings. The first kappa shape index (κ1) is 23.3. The highest BCUT2D eigenvalue weighted by molar-refractivity contribution is 5.85. The third-order valence-electron chi connectivity index (χ3n) is 6.03. The number of ether oxygens (including phenoxy) is 1. The zero-order valence-electron chi connectivity index (χ0n) is 19.3. The largest absolute Gasteiger partial charge is 0.379 e. The summed E-state index contributed by atoms with van der Waals surface area (Å²) in [5.74, 6) is 0.775. The van der Waals surface area contributed by atoms with Gasteiger partial charge in [-0.15, -0.1) is 0 Å². The third kappa shape index (κ3) is 6.83. The van der Waals surface area contributed by atoms with Crippen molar-refractivity contribution in [2.75, 3.05) is 77.0 Å². The molecule has 0 saturated carbocycles. The molecule has 172 valence electrons. The molecule has 0 unspecified atom stereocenters. The highest BCUT2D eigenvalue weighted by atomic mass is 16.5. The van der Waals surface area contributed by atoms with E-state index in [0.717, 1.165) is 65.6 Å². The lowest BCUT2D eigenvalue weighted by Crippen LogP contribution is -2.56. The highest BCUT2D eigenvalue weighted by Crippen LogP contribution is 2.16. The van der Waals surface area contributed by atoms with Crippen LogP contribution in [-0.2, 0) is 9.53 Å². The summed E-state index contributed by atoms with van der Waals surface area (Å²) >= 11 is 0. The van der Waals surface area contributed by atoms with E-state index in [1.807, 2.05) is 17.9 Å². The zero-order valence-corrected chi connectivity index (χ0v) is 19.3. The number of nitrogens with zero attached hydrogens (tertiary/aromatic N) is 4. The van der Waals surface area contributed by atoms with Gasteiger partial charge in [0.05, 0.1) is 13.2 Å². The number of morpholine rings is 1. The van der Waals surface area contributed by atoms with Gasteiger partial charge in [-0.25, -0.2) is 4.99 Å². The second-order valence-electron chi connectivity index (χ2n) is 8.66. The van der Waals surface area contributed by atoms with E-state index in [1.54, 1.807) is 0 Å². The van der Waals surface area contributed by atoms with Crippen LogP contribution in [0.3, 0.4) is 0 Å². The lowest BCUT2D eigenvalue weighted by Gasteiger charge is -2.41. The van der Waals surface area contributed by atoms with Crippen molar-refractivity contribution in [2.45, 2.75) is 26.3 Å². The molecule has 0 radical (unpaired) electrons. The molecule has 0 aromatic heterocycles. The molecule has 3 rings (SSSR count). The van der Waals surface area contributed by atoms with Crippen molar-refractivity contribution >= 4 is 17.6 Å². The Balaban J connectivity index is 1.47. The van der Waals surface area contributed by atoms with E-state index in [1.165, 1.54) is 5.69 Å². The van der Waals surface area contributed by atoms with Crippen LogP contribution in [-0.4, -0.2) is 99.3 Å². The Bertz CT molecular complexity index is 710. The van der Waals surface area contributed by atoms with Gasteiger partial charge in [0.2, 0.25) is 5.91 Å². The summed E-state index contributed by atoms with van der Waals surface area (Å²) in [5, 5.41) is 6.68. The first-order valence-electron chi connectivity index (χ1n) is 11.4. The Morgan fingerprint density at radius 3 is 2.35 bits per heavy atom. The molecule has 2 aliphatic rings. The topological polar surface area (TPSA) is 72.4 Å². The maximum atomic E-state index is 12.7. The number of para-hydroxylation sites is 1. The predicted octanol–water partition coefficient (Wildman–Crippen LogP) is 1.00. The molecule has 8 heteroatoms. The maximum absolute atomic E-state index is 12.7. The van der Waals surface area contributed by atoms with E-state index in [9.17, 15) is 4.79 Å². The molecule has 1 amide bonds. The fraction of sp³-hybridized carbons (Fsp3) is 0.652. The minimum atomic E-state index is -0.0161. The van der Waals surface area contributed by atoms with Crippen molar-refractivity contribution in [3.8, 4) is 0 Å². The van der Waals surface area contributed by atoms with Crippen LogP contribution < -0.4 is 15.5 Å². The maximum Gasteiger partial charge on any atom is 0.244 e. The monoisotopic (exact) mass is 430 g/mol. The van der Waals surface area contributed by atoms with Gasteiger partial charge in [-0.3, -0.25) is 9.69 Å². The van der Waals surface area contributed by atoms with Crippen molar-refractivity contribution < 1.29 is 9.53 Å². The Kier molecular flexibility index (Phi) is 8.54. The molecule has 2 heterocycles. The van der Waals surface area contributed by atoms with Gasteiger partial charge in [-0.05, 0) is 32.9 Å². The van der Waals surface area contributed by atoms with E-state index >= 15 is 0 Å². The molecular weight excluding hydrogens is 392 g/mol. The zero-order chi connectivity index (χ0) is 22.1. The number of carbonyl (C=O) groups is 1. The van der Waals surface area contributed by atoms with Gasteiger partial charge in [0.25, 0.3) is 0 Å². The SMILES string of the molecule is CCNC(=NCC(=O)N1CCN(c2ccccc2)CC1)NCC(C)(C)N1CCOCC1. The molecule has 0 spiro atoms. The molecule has 1 aromatic rings. The van der Waals surface area contributed by atoms with E-state index in [4.69, 9.17) is 4.74 Å². The molecular formula is C23H38N6O2. The number of piperazine rings is 1. The number of amides is 1. The molecule has 1 aromatic carbocycles. The smallest absolute Gasteiger partial charge is 0.244 e. The van der Waals surface area contributed by atoms with Gasteiger partial charge in [-0.1, -0.05) is 18.2 Å². The Labute approximate surface area is 186 Å². The Morgan fingerprint density at radius 2 is 1.71 bits per heavy atom. The van der Waals surface area contributed by atoms with Gasteiger partial charge in [-0.2, -0.15) is 0 Å². The first-order valence-corrected chi connectivity index (χ1v) is 11.4. The van der Waals surface area contributed by atoms with Gasteiger partial charge < -0.3 is 25.2 Å². The van der Waals surface area contributed by atoms with E-state index in [0.29, 0.717) is 5.96 Å². The summed E-state index contributed by atoms with van der Waals surface area (Å²) < 4.78 is 5.47. The number of carbonyl (C=O) groups excluding carboxylic acids is 1. The Hall–Kier alpha value is -2.32. The average Bonchev–Trinajstić information content (AvgIpc) is 2.82. The molecule has 2 N–H and O–H groups in total. The summed E-state index contributed by atoms with van der Waals surface area (Å²) in [6.45, 7) is 14.8. The van der Waals surface area contributed by atoms with Crippen LogP contribution >= 0.6 is 0 Å². The predicted molar refractivity (Wildman–Crippen MR) is 126 cm³/mol. The summed E-state index contributed by atoms with van der Waals surface area (Å²) in [4.78, 5) is 24.0. The fourth-order valence-corrected chi connectivity index (χ4v) is 4.02. The van der Waals surface area contributed by atoms with Crippen molar-refractivity contribution in [2.24, 2.45) is 4.99 Å². The van der Waals surface area contributed by atoms with E-state index in [-0.39, 0.29) is 18.0 Å². The number of rotatable bonds is 7. The van der Waals surface area contributed by atoms with Crippen LogP contribution in [0.1, 0.15) is 20.8 Å². The minimum Gasteiger partial charge on any atom is -0.379 e. The first-order chi connectivity index (χ1) is 15.0. The third-order valence-corrected chi connectivity index (χ3v) is 6.03. The molecule has 0 aliphatic carbocycles. The van der Waals surface area contributed by atoms with Crippen LogP contribution in [0.15, 0.2) is 35.3 Å². The molecule has 31 heavy (non-hydrogen) atoms. The molecule has 0 atom stereocenters. The lowest BCUT2D eigenvalue weighted by atomic mass is 10.0. The van der Waals surface area contributed by atoms with Crippen LogP contribution in [0.2, 0.25) is 0 Å². The highest BCUT2D eigenvalue weighted by Gasteiger charge is 2.28. The fourth-order valence-electron chi connectivity index (χ4n) is 4.02. The summed E-state index contributed by atoms with van der Waals surface area (Å²) in [6.07, 6.45) is 0. The molecule has 8 nitrogen and oxygen atoms in total. The number of nitrogens with one attached hydrogen (secondary N) is 2. The molecule has 2 aliphatic heterocycles. The standard InChI is InChI=1S/C23H38N6O2/c1-4-24-22(26-19-23(2,3)29-14-16-31-17-15-29)25-18-21(30)28-12-10-27(11-13-28)20-8-6-5-7-9-20/h5-9H,4,10-19H2,1-3H3,(H2,24,25,26). The lowest BCUT2D eigenvalue weighted by molar-refractivity contribution is -0.129. The molecule has 2 saturated heterocycles. The second kappa shape index (κ2) is 11.3. The van der Waals surface area contributed by atoms with Crippen LogP contribution in [0, 0.1) is 0 Å². The van der Waals surface area contributed by atoms with Crippen molar-refractivity contribution in [3.05, 3.63) is 30.3 Å². The van der Waals surface area contributed by atoms with Crippen molar-refractivity contribution in [1.29, 1.82) is 0 Å². The number of aliphatic imine (C=N–C) groups is 1. The van der Waals surface area contributed by atoms with E-state index < -0.39 is 0 Å². The quantitative estimate of drug-likeness (QED) is 0.497. The van der Waals surface area contributed by atoms with Gasteiger partial charge in [0.15, 0.2) is 5.96 Å². The number of anilines is 1. The van der Waals surface area contributed by atoms with Gasteiger partial charge in [0.1, 0.15) is 6.54 Å². The normalized spacial score (nSPS) is 18.7. The summed E-state index contributed by atoms with van der Waals surface area (Å²) in [5.41, 5.74) is 1.20. The number of benzene rings is 1. The van der Waals surface area contributed by atoms with Crippen molar-refractivity contribution in [1.82, 2.24) is 20.4 Å². The van der Waals surface area contributed by atoms with Gasteiger partial charge in [0, 0.05) is 63.6 Å². The van der Waals surface area contributed by atoms with Crippen LogP contribution in [0.5, 0.6) is 0 Å². The van der Waals surface area contributed by atoms with Crippen LogP contribution in [0.25, 0.3) is 0 Å². The Morgan fingerprint density at radius 1 is 1.03 bits per heavy atom. The molecule has 0 bridgehead atoms. The number of guanidine groups is 1. The number of hydrogen-bond donors (Lipinski definition) is 2. The number of hydrogen-bond acceptors (Lipinski definition) is 5. The minimum absolute atomic E-state index is 0.0161. The average molecular weight is 431 g/mol. The van der Waals surface area contributed by atoms with Crippen LogP contribution in [0.4, 0.5) is 5.69 Å². The summed E-state index contributed by atoms with van der Waals surface area (Å²) in [6, 6.07) is 10.4. The van der Waals surface area contributed by atoms with Gasteiger partial charge >= 0.3 is 0 Å². The van der Waals surface area contributed by atoms with E-state index in [2.05, 4.69) is 63.5 Å². The second-order valence-corrected chi connectivity index (χ2v) is 8.66.